The summed E-state index contributed by atoms with van der Waals surface area (Å²) in [5.41, 5.74) is 2.69. The second-order valence-electron chi connectivity index (χ2n) is 6.75. The Bertz CT molecular complexity index is 704. The summed E-state index contributed by atoms with van der Waals surface area (Å²) in [6.07, 6.45) is 4.14. The van der Waals surface area contributed by atoms with Gasteiger partial charge in [-0.1, -0.05) is 43.0 Å². The van der Waals surface area contributed by atoms with Crippen LogP contribution in [0.4, 0.5) is 4.79 Å². The number of carbonyl (C=O) groups is 3. The number of benzene rings is 1. The highest BCUT2D eigenvalue weighted by atomic mass is 35.5. The average molecular weight is 396 g/mol. The third-order valence-electron chi connectivity index (χ3n) is 4.91. The smallest absolute Gasteiger partial charge is 0.322 e. The summed E-state index contributed by atoms with van der Waals surface area (Å²) in [5.74, 6) is -0.563. The fourth-order valence-electron chi connectivity index (χ4n) is 3.40. The van der Waals surface area contributed by atoms with E-state index in [1.165, 1.54) is 11.8 Å². The van der Waals surface area contributed by atoms with E-state index < -0.39 is 11.6 Å². The first-order valence-corrected chi connectivity index (χ1v) is 10.2. The Labute approximate surface area is 162 Å². The number of carbonyl (C=O) groups excluding carboxylic acids is 3. The van der Waals surface area contributed by atoms with Crippen molar-refractivity contribution in [3.05, 3.63) is 34.9 Å². The van der Waals surface area contributed by atoms with Crippen LogP contribution in [0.5, 0.6) is 0 Å². The molecule has 6 nitrogen and oxygen atoms in total. The van der Waals surface area contributed by atoms with Gasteiger partial charge in [0.1, 0.15) is 5.54 Å². The molecule has 1 aliphatic carbocycles. The molecule has 1 aromatic rings. The van der Waals surface area contributed by atoms with Gasteiger partial charge in [0.2, 0.25) is 5.91 Å². The molecule has 1 saturated heterocycles. The maximum atomic E-state index is 12.6. The standard InChI is InChI=1S/C18H22ClN3O3S/c1-12(13-5-7-14(19)8-6-13)26-11-15(23)21-22-16(24)18(20-17(22)25)9-3-2-4-10-18/h5-8,12H,2-4,9-11H2,1H3,(H,20,25)(H,21,23). The van der Waals surface area contributed by atoms with Gasteiger partial charge in [-0.15, -0.1) is 11.8 Å². The van der Waals surface area contributed by atoms with Gasteiger partial charge < -0.3 is 5.32 Å². The molecule has 140 valence electrons. The van der Waals surface area contributed by atoms with Gasteiger partial charge in [-0.25, -0.2) is 4.79 Å². The van der Waals surface area contributed by atoms with Crippen molar-refractivity contribution >= 4 is 41.2 Å². The summed E-state index contributed by atoms with van der Waals surface area (Å²) in [4.78, 5) is 37.0. The van der Waals surface area contributed by atoms with Crippen molar-refractivity contribution in [1.82, 2.24) is 15.8 Å². The highest BCUT2D eigenvalue weighted by molar-refractivity contribution is 8.00. The molecule has 1 spiro atoms. The average Bonchev–Trinajstić information content (AvgIpc) is 2.85. The summed E-state index contributed by atoms with van der Waals surface area (Å²) in [6.45, 7) is 1.99. The molecule has 1 heterocycles. The van der Waals surface area contributed by atoms with Crippen LogP contribution in [-0.4, -0.2) is 34.1 Å². The predicted molar refractivity (Wildman–Crippen MR) is 102 cm³/mol. The van der Waals surface area contributed by atoms with Crippen LogP contribution in [0.15, 0.2) is 24.3 Å². The van der Waals surface area contributed by atoms with Crippen molar-refractivity contribution in [2.45, 2.75) is 49.8 Å². The summed E-state index contributed by atoms with van der Waals surface area (Å²) in [7, 11) is 0. The van der Waals surface area contributed by atoms with Crippen LogP contribution < -0.4 is 10.7 Å². The lowest BCUT2D eigenvalue weighted by atomic mass is 9.82. The van der Waals surface area contributed by atoms with Gasteiger partial charge in [0.15, 0.2) is 0 Å². The second-order valence-corrected chi connectivity index (χ2v) is 8.52. The molecule has 0 bridgehead atoms. The van der Waals surface area contributed by atoms with E-state index in [-0.39, 0.29) is 22.8 Å². The maximum Gasteiger partial charge on any atom is 0.344 e. The third-order valence-corrected chi connectivity index (χ3v) is 6.36. The van der Waals surface area contributed by atoms with Crippen LogP contribution in [0.1, 0.15) is 49.8 Å². The maximum absolute atomic E-state index is 12.6. The molecule has 2 fully saturated rings. The normalized spacial score (nSPS) is 20.2. The Morgan fingerprint density at radius 3 is 2.58 bits per heavy atom. The number of hydrazine groups is 1. The number of hydrogen-bond acceptors (Lipinski definition) is 4. The first kappa shape index (κ1) is 19.0. The number of rotatable bonds is 5. The molecule has 1 saturated carbocycles. The van der Waals surface area contributed by atoms with Gasteiger partial charge in [-0.05, 0) is 37.5 Å². The molecule has 2 aliphatic rings. The van der Waals surface area contributed by atoms with Crippen molar-refractivity contribution in [3.8, 4) is 0 Å². The molecule has 3 rings (SSSR count). The number of imide groups is 1. The Hall–Kier alpha value is -1.73. The van der Waals surface area contributed by atoms with Crippen LogP contribution in [0.25, 0.3) is 0 Å². The van der Waals surface area contributed by atoms with E-state index in [0.29, 0.717) is 17.9 Å². The second kappa shape index (κ2) is 7.88. The number of hydrogen-bond donors (Lipinski definition) is 2. The van der Waals surface area contributed by atoms with E-state index in [0.717, 1.165) is 29.8 Å². The minimum atomic E-state index is -0.827. The molecule has 8 heteroatoms. The largest absolute Gasteiger partial charge is 0.344 e. The van der Waals surface area contributed by atoms with Crippen LogP contribution in [0.2, 0.25) is 5.02 Å². The molecule has 0 radical (unpaired) electrons. The zero-order valence-corrected chi connectivity index (χ0v) is 16.2. The third kappa shape index (κ3) is 3.99. The van der Waals surface area contributed by atoms with Gasteiger partial charge in [0.25, 0.3) is 5.91 Å². The first-order chi connectivity index (χ1) is 12.4. The number of halogens is 1. The number of amides is 4. The van der Waals surface area contributed by atoms with E-state index in [1.54, 1.807) is 0 Å². The Balaban J connectivity index is 1.53. The minimum Gasteiger partial charge on any atom is -0.322 e. The number of nitrogens with one attached hydrogen (secondary N) is 2. The molecule has 4 amide bonds. The molecule has 1 aromatic carbocycles. The van der Waals surface area contributed by atoms with E-state index in [1.807, 2.05) is 31.2 Å². The number of thioether (sulfide) groups is 1. The van der Waals surface area contributed by atoms with Gasteiger partial charge in [-0.3, -0.25) is 15.0 Å². The molecular weight excluding hydrogens is 374 g/mol. The van der Waals surface area contributed by atoms with E-state index >= 15 is 0 Å². The number of nitrogens with zero attached hydrogens (tertiary/aromatic N) is 1. The zero-order valence-electron chi connectivity index (χ0n) is 14.6. The fraction of sp³-hybridized carbons (Fsp3) is 0.500. The van der Waals surface area contributed by atoms with Crippen LogP contribution in [0.3, 0.4) is 0 Å². The monoisotopic (exact) mass is 395 g/mol. The lowest BCUT2D eigenvalue weighted by molar-refractivity contribution is -0.139. The zero-order chi connectivity index (χ0) is 18.7. The SMILES string of the molecule is CC(SCC(=O)NN1C(=O)NC2(CCCCC2)C1=O)c1ccc(Cl)cc1. The van der Waals surface area contributed by atoms with Gasteiger partial charge in [0.05, 0.1) is 5.75 Å². The Morgan fingerprint density at radius 1 is 1.27 bits per heavy atom. The predicted octanol–water partition coefficient (Wildman–Crippen LogP) is 3.42. The molecule has 2 N–H and O–H groups in total. The van der Waals surface area contributed by atoms with Gasteiger partial charge in [-0.2, -0.15) is 5.01 Å². The van der Waals surface area contributed by atoms with E-state index in [9.17, 15) is 14.4 Å². The summed E-state index contributed by atoms with van der Waals surface area (Å²) >= 11 is 7.31. The molecule has 1 atom stereocenters. The molecule has 1 aliphatic heterocycles. The van der Waals surface area contributed by atoms with E-state index in [2.05, 4.69) is 10.7 Å². The summed E-state index contributed by atoms with van der Waals surface area (Å²) < 4.78 is 0. The summed E-state index contributed by atoms with van der Waals surface area (Å²) in [6, 6.07) is 6.92. The Kier molecular flexibility index (Phi) is 5.77. The van der Waals surface area contributed by atoms with Crippen molar-refractivity contribution in [2.75, 3.05) is 5.75 Å². The topological polar surface area (TPSA) is 78.5 Å². The van der Waals surface area contributed by atoms with Crippen molar-refractivity contribution < 1.29 is 14.4 Å². The molecule has 26 heavy (non-hydrogen) atoms. The van der Waals surface area contributed by atoms with E-state index in [4.69, 9.17) is 11.6 Å². The Morgan fingerprint density at radius 2 is 1.92 bits per heavy atom. The molecular formula is C18H22ClN3O3S. The lowest BCUT2D eigenvalue weighted by Crippen LogP contribution is -2.51. The highest BCUT2D eigenvalue weighted by Crippen LogP contribution is 2.33. The van der Waals surface area contributed by atoms with Gasteiger partial charge in [0, 0.05) is 10.3 Å². The van der Waals surface area contributed by atoms with Crippen LogP contribution in [0, 0.1) is 0 Å². The molecule has 0 aromatic heterocycles. The van der Waals surface area contributed by atoms with Crippen LogP contribution >= 0.6 is 23.4 Å². The van der Waals surface area contributed by atoms with Crippen molar-refractivity contribution in [2.24, 2.45) is 0 Å². The number of urea groups is 1. The fourth-order valence-corrected chi connectivity index (χ4v) is 4.35. The van der Waals surface area contributed by atoms with Gasteiger partial charge >= 0.3 is 6.03 Å². The molecule has 1 unspecified atom stereocenters. The quantitative estimate of drug-likeness (QED) is 0.749. The highest BCUT2D eigenvalue weighted by Gasteiger charge is 2.52. The van der Waals surface area contributed by atoms with Crippen molar-refractivity contribution in [3.63, 3.8) is 0 Å². The lowest BCUT2D eigenvalue weighted by Gasteiger charge is -2.30. The summed E-state index contributed by atoms with van der Waals surface area (Å²) in [5, 5.41) is 4.38. The van der Waals surface area contributed by atoms with Crippen molar-refractivity contribution in [1.29, 1.82) is 0 Å². The minimum absolute atomic E-state index is 0.0887. The van der Waals surface area contributed by atoms with Crippen LogP contribution in [-0.2, 0) is 9.59 Å². The first-order valence-electron chi connectivity index (χ1n) is 8.74.